The van der Waals surface area contributed by atoms with Crippen molar-refractivity contribution in [3.05, 3.63) is 76.4 Å². The normalized spacial score (nSPS) is 18.5. The quantitative estimate of drug-likeness (QED) is 0.364. The van der Waals surface area contributed by atoms with Gasteiger partial charge in [0.15, 0.2) is 0 Å². The smallest absolute Gasteiger partial charge is 0.125 e. The zero-order valence-electron chi connectivity index (χ0n) is 18.0. The van der Waals surface area contributed by atoms with Crippen LogP contribution in [0.3, 0.4) is 0 Å². The first-order valence-electron chi connectivity index (χ1n) is 11.9. The van der Waals surface area contributed by atoms with E-state index in [0.29, 0.717) is 0 Å². The molecule has 0 saturated heterocycles. The second-order valence-corrected chi connectivity index (χ2v) is 9.30. The van der Waals surface area contributed by atoms with Gasteiger partial charge in [-0.25, -0.2) is 0 Å². The van der Waals surface area contributed by atoms with Crippen molar-refractivity contribution in [2.75, 3.05) is 6.61 Å². The van der Waals surface area contributed by atoms with Crippen molar-refractivity contribution in [2.45, 2.75) is 70.1 Å². The molecule has 154 valence electrons. The highest BCUT2D eigenvalue weighted by molar-refractivity contribution is 5.65. The molecule has 3 aliphatic carbocycles. The zero-order valence-corrected chi connectivity index (χ0v) is 18.0. The molecule has 2 aromatic carbocycles. The third-order valence-corrected chi connectivity index (χ3v) is 7.26. The van der Waals surface area contributed by atoms with Gasteiger partial charge in [-0.3, -0.25) is 0 Å². The van der Waals surface area contributed by atoms with E-state index in [9.17, 15) is 0 Å². The number of hydrogen-bond acceptors (Lipinski definition) is 1. The van der Waals surface area contributed by atoms with Crippen molar-refractivity contribution in [2.24, 2.45) is 5.92 Å². The molecule has 3 fully saturated rings. The molecule has 0 spiro atoms. The van der Waals surface area contributed by atoms with Crippen molar-refractivity contribution < 1.29 is 4.74 Å². The van der Waals surface area contributed by atoms with E-state index in [1.807, 2.05) is 0 Å². The van der Waals surface area contributed by atoms with Gasteiger partial charge in [0.1, 0.15) is 5.76 Å². The predicted octanol–water partition coefficient (Wildman–Crippen LogP) is 7.46. The maximum Gasteiger partial charge on any atom is 0.125 e. The summed E-state index contributed by atoms with van der Waals surface area (Å²) in [6, 6.07) is 17.5. The standard InChI is InChI=1S/C29H32O/c1-4-22(5-1)20-21-30-29(27-8-3-9-27)28-18-14-24(15-19-28)11-10-23-12-16-26(17-13-23)25-6-2-7-25/h12-19,22,25H,1-9,20-21H2. The third-order valence-electron chi connectivity index (χ3n) is 7.26. The first-order valence-corrected chi connectivity index (χ1v) is 11.9. The highest BCUT2D eigenvalue weighted by Gasteiger charge is 2.20. The van der Waals surface area contributed by atoms with Gasteiger partial charge < -0.3 is 4.74 Å². The summed E-state index contributed by atoms with van der Waals surface area (Å²) in [6.45, 7) is 0.863. The minimum atomic E-state index is 0.787. The number of rotatable bonds is 6. The minimum Gasteiger partial charge on any atom is -0.493 e. The maximum atomic E-state index is 6.30. The Labute approximate surface area is 181 Å². The van der Waals surface area contributed by atoms with Gasteiger partial charge in [-0.05, 0) is 85.8 Å². The summed E-state index contributed by atoms with van der Waals surface area (Å²) in [5.41, 5.74) is 6.35. The topological polar surface area (TPSA) is 9.23 Å². The van der Waals surface area contributed by atoms with E-state index in [4.69, 9.17) is 4.74 Å². The van der Waals surface area contributed by atoms with Crippen LogP contribution in [0.25, 0.3) is 5.76 Å². The maximum absolute atomic E-state index is 6.30. The summed E-state index contributed by atoms with van der Waals surface area (Å²) in [5.74, 6) is 9.48. The third kappa shape index (κ3) is 4.49. The van der Waals surface area contributed by atoms with Gasteiger partial charge in [0.05, 0.1) is 6.61 Å². The number of hydrogen-bond donors (Lipinski definition) is 0. The lowest BCUT2D eigenvalue weighted by Gasteiger charge is -2.27. The van der Waals surface area contributed by atoms with Crippen LogP contribution in [-0.2, 0) is 4.74 Å². The molecule has 0 amide bonds. The second kappa shape index (κ2) is 9.13. The fraction of sp³-hybridized carbons (Fsp3) is 0.448. The Bertz CT molecular complexity index is 938. The largest absolute Gasteiger partial charge is 0.493 e. The molecule has 0 heterocycles. The van der Waals surface area contributed by atoms with Crippen LogP contribution in [0, 0.1) is 17.8 Å². The van der Waals surface area contributed by atoms with Crippen LogP contribution in [-0.4, -0.2) is 6.61 Å². The van der Waals surface area contributed by atoms with Crippen molar-refractivity contribution in [3.8, 4) is 11.8 Å². The van der Waals surface area contributed by atoms with Crippen molar-refractivity contribution in [1.29, 1.82) is 0 Å². The van der Waals surface area contributed by atoms with Crippen molar-refractivity contribution in [1.82, 2.24) is 0 Å². The molecule has 0 aliphatic heterocycles. The molecule has 0 radical (unpaired) electrons. The summed E-state index contributed by atoms with van der Waals surface area (Å²) in [7, 11) is 0. The molecule has 0 bridgehead atoms. The molecule has 2 aromatic rings. The van der Waals surface area contributed by atoms with Gasteiger partial charge in [0.25, 0.3) is 0 Å². The van der Waals surface area contributed by atoms with E-state index in [1.54, 1.807) is 0 Å². The molecule has 1 nitrogen and oxygen atoms in total. The van der Waals surface area contributed by atoms with Crippen LogP contribution in [0.15, 0.2) is 54.1 Å². The number of allylic oxidation sites excluding steroid dienone is 1. The van der Waals surface area contributed by atoms with Crippen LogP contribution in [0.5, 0.6) is 0 Å². The molecular formula is C29H32O. The molecule has 3 aliphatic rings. The molecule has 0 unspecified atom stereocenters. The van der Waals surface area contributed by atoms with Gasteiger partial charge in [0.2, 0.25) is 0 Å². The first-order chi connectivity index (χ1) is 14.8. The summed E-state index contributed by atoms with van der Waals surface area (Å²) >= 11 is 0. The fourth-order valence-electron chi connectivity index (χ4n) is 4.51. The molecule has 0 N–H and O–H groups in total. The molecule has 0 aromatic heterocycles. The molecule has 1 heteroatoms. The summed E-state index contributed by atoms with van der Waals surface area (Å²) in [5, 5.41) is 0. The monoisotopic (exact) mass is 396 g/mol. The molecule has 30 heavy (non-hydrogen) atoms. The number of benzene rings is 2. The van der Waals surface area contributed by atoms with Crippen LogP contribution in [0.2, 0.25) is 0 Å². The lowest BCUT2D eigenvalue weighted by atomic mass is 9.80. The average molecular weight is 397 g/mol. The Hall–Kier alpha value is -2.46. The Balaban J connectivity index is 1.23. The Morgan fingerprint density at radius 2 is 1.40 bits per heavy atom. The lowest BCUT2D eigenvalue weighted by molar-refractivity contribution is 0.199. The van der Waals surface area contributed by atoms with E-state index in [1.165, 1.54) is 80.9 Å². The van der Waals surface area contributed by atoms with Crippen LogP contribution < -0.4 is 0 Å². The van der Waals surface area contributed by atoms with E-state index < -0.39 is 0 Å². The van der Waals surface area contributed by atoms with Crippen LogP contribution >= 0.6 is 0 Å². The molecular weight excluding hydrogens is 364 g/mol. The zero-order chi connectivity index (χ0) is 20.2. The molecule has 5 rings (SSSR count). The van der Waals surface area contributed by atoms with E-state index >= 15 is 0 Å². The average Bonchev–Trinajstić information content (AvgIpc) is 2.66. The SMILES string of the molecule is C(#Cc1ccc(C2CCC2)cc1)c1ccc(C(OCCC2CCC2)=C2CCC2)cc1. The molecule has 0 atom stereocenters. The predicted molar refractivity (Wildman–Crippen MR) is 124 cm³/mol. The number of ether oxygens (including phenoxy) is 1. The van der Waals surface area contributed by atoms with Crippen molar-refractivity contribution in [3.63, 3.8) is 0 Å². The first kappa shape index (κ1) is 19.5. The Morgan fingerprint density at radius 3 is 1.90 bits per heavy atom. The van der Waals surface area contributed by atoms with Gasteiger partial charge >= 0.3 is 0 Å². The summed E-state index contributed by atoms with van der Waals surface area (Å²) in [4.78, 5) is 0. The van der Waals surface area contributed by atoms with Gasteiger partial charge in [-0.2, -0.15) is 0 Å². The van der Waals surface area contributed by atoms with Crippen LogP contribution in [0.4, 0.5) is 0 Å². The Morgan fingerprint density at radius 1 is 0.767 bits per heavy atom. The Kier molecular flexibility index (Phi) is 5.94. The lowest BCUT2D eigenvalue weighted by Crippen LogP contribution is -2.14. The van der Waals surface area contributed by atoms with E-state index in [2.05, 4.69) is 60.4 Å². The second-order valence-electron chi connectivity index (χ2n) is 9.30. The van der Waals surface area contributed by atoms with Gasteiger partial charge in [-0.15, -0.1) is 0 Å². The van der Waals surface area contributed by atoms with E-state index in [0.717, 1.165) is 35.3 Å². The molecule has 3 saturated carbocycles. The highest BCUT2D eigenvalue weighted by atomic mass is 16.5. The highest BCUT2D eigenvalue weighted by Crippen LogP contribution is 2.37. The minimum absolute atomic E-state index is 0.787. The van der Waals surface area contributed by atoms with Crippen LogP contribution in [0.1, 0.15) is 92.4 Å². The van der Waals surface area contributed by atoms with Crippen molar-refractivity contribution >= 4 is 5.76 Å². The summed E-state index contributed by atoms with van der Waals surface area (Å²) < 4.78 is 6.30. The fourth-order valence-corrected chi connectivity index (χ4v) is 4.51. The van der Waals surface area contributed by atoms with E-state index in [-0.39, 0.29) is 0 Å². The van der Waals surface area contributed by atoms with Gasteiger partial charge in [-0.1, -0.05) is 61.8 Å². The van der Waals surface area contributed by atoms with Gasteiger partial charge in [0, 0.05) is 16.7 Å². The summed E-state index contributed by atoms with van der Waals surface area (Å²) in [6.07, 6.45) is 13.2.